The number of benzene rings is 1. The minimum atomic E-state index is -4.40. The summed E-state index contributed by atoms with van der Waals surface area (Å²) in [6.07, 6.45) is -2.65. The smallest absolute Gasteiger partial charge is 0.326 e. The van der Waals surface area contributed by atoms with Crippen molar-refractivity contribution in [3.05, 3.63) is 52.2 Å². The molecular weight excluding hydrogens is 299 g/mol. The Labute approximate surface area is 124 Å². The summed E-state index contributed by atoms with van der Waals surface area (Å²) in [5.74, 6) is -0.272. The number of nitrogens with one attached hydrogen (secondary N) is 1. The van der Waals surface area contributed by atoms with Crippen LogP contribution in [0.2, 0.25) is 0 Å². The second-order valence-electron chi connectivity index (χ2n) is 4.56. The van der Waals surface area contributed by atoms with Crippen LogP contribution in [0.4, 0.5) is 18.9 Å². The molecule has 0 aliphatic rings. The number of hydrogen-bond acceptors (Lipinski definition) is 2. The van der Waals surface area contributed by atoms with E-state index in [1.54, 1.807) is 11.3 Å². The fourth-order valence-electron chi connectivity index (χ4n) is 1.87. The van der Waals surface area contributed by atoms with Gasteiger partial charge in [-0.1, -0.05) is 12.1 Å². The third-order valence-electron chi connectivity index (χ3n) is 2.88. The van der Waals surface area contributed by atoms with Gasteiger partial charge in [0.2, 0.25) is 5.91 Å². The normalized spacial score (nSPS) is 11.4. The molecule has 0 saturated carbocycles. The number of amides is 1. The van der Waals surface area contributed by atoms with Crippen LogP contribution >= 0.6 is 11.3 Å². The summed E-state index contributed by atoms with van der Waals surface area (Å²) in [4.78, 5) is 12.9. The van der Waals surface area contributed by atoms with Gasteiger partial charge < -0.3 is 5.32 Å². The number of anilines is 1. The Morgan fingerprint density at radius 3 is 2.67 bits per heavy atom. The Balaban J connectivity index is 1.85. The summed E-state index contributed by atoms with van der Waals surface area (Å²) < 4.78 is 37.7. The molecule has 21 heavy (non-hydrogen) atoms. The number of aryl methyl sites for hydroxylation is 1. The number of carbonyl (C=O) groups excluding carboxylic acids is 1. The second kappa shape index (κ2) is 6.76. The lowest BCUT2D eigenvalue weighted by Gasteiger charge is -2.09. The van der Waals surface area contributed by atoms with Gasteiger partial charge in [-0.2, -0.15) is 13.2 Å². The molecule has 1 heterocycles. The maximum absolute atomic E-state index is 12.6. The van der Waals surface area contributed by atoms with Crippen molar-refractivity contribution in [1.29, 1.82) is 0 Å². The highest BCUT2D eigenvalue weighted by molar-refractivity contribution is 7.09. The van der Waals surface area contributed by atoms with Crippen molar-refractivity contribution in [3.63, 3.8) is 0 Å². The molecule has 2 aromatic rings. The van der Waals surface area contributed by atoms with E-state index < -0.39 is 11.7 Å². The summed E-state index contributed by atoms with van der Waals surface area (Å²) in [5.41, 5.74) is -0.593. The average Bonchev–Trinajstić information content (AvgIpc) is 2.91. The molecule has 112 valence electrons. The predicted octanol–water partition coefficient (Wildman–Crippen LogP) is 4.73. The Morgan fingerprint density at radius 1 is 1.19 bits per heavy atom. The van der Waals surface area contributed by atoms with E-state index in [1.165, 1.54) is 17.0 Å². The first-order chi connectivity index (χ1) is 9.95. The van der Waals surface area contributed by atoms with Crippen LogP contribution in [0.25, 0.3) is 0 Å². The van der Waals surface area contributed by atoms with E-state index in [0.29, 0.717) is 6.42 Å². The van der Waals surface area contributed by atoms with E-state index in [0.717, 1.165) is 18.6 Å². The van der Waals surface area contributed by atoms with Crippen LogP contribution in [0.5, 0.6) is 0 Å². The van der Waals surface area contributed by atoms with E-state index in [-0.39, 0.29) is 18.0 Å². The van der Waals surface area contributed by atoms with Gasteiger partial charge in [-0.05, 0) is 42.5 Å². The van der Waals surface area contributed by atoms with Crippen LogP contribution < -0.4 is 5.32 Å². The highest BCUT2D eigenvalue weighted by atomic mass is 32.1. The van der Waals surface area contributed by atoms with Crippen LogP contribution in [0.1, 0.15) is 23.3 Å². The number of halogens is 3. The number of thiophene rings is 1. The van der Waals surface area contributed by atoms with Crippen LogP contribution in [-0.2, 0) is 17.4 Å². The first-order valence-electron chi connectivity index (χ1n) is 6.44. The SMILES string of the molecule is O=C(CCCc1cccs1)Nc1cccc(C(F)(F)F)c1. The molecule has 0 radical (unpaired) electrons. The van der Waals surface area contributed by atoms with Crippen molar-refractivity contribution >= 4 is 22.9 Å². The Bertz CT molecular complexity index is 593. The molecule has 6 heteroatoms. The summed E-state index contributed by atoms with van der Waals surface area (Å²) in [7, 11) is 0. The molecule has 0 atom stereocenters. The molecule has 0 fully saturated rings. The van der Waals surface area contributed by atoms with E-state index in [2.05, 4.69) is 5.32 Å². The fourth-order valence-corrected chi connectivity index (χ4v) is 2.63. The lowest BCUT2D eigenvalue weighted by atomic mass is 10.1. The minimum Gasteiger partial charge on any atom is -0.326 e. The Hall–Kier alpha value is -1.82. The van der Waals surface area contributed by atoms with Crippen LogP contribution in [0.15, 0.2) is 41.8 Å². The third kappa shape index (κ3) is 4.90. The summed E-state index contributed by atoms with van der Waals surface area (Å²) in [6, 6.07) is 8.60. The molecule has 0 unspecified atom stereocenters. The standard InChI is InChI=1S/C15H14F3NOS/c16-15(17,18)11-4-1-5-12(10-11)19-14(20)8-2-6-13-7-3-9-21-13/h1,3-5,7,9-10H,2,6,8H2,(H,19,20). The number of hydrogen-bond donors (Lipinski definition) is 1. The predicted molar refractivity (Wildman–Crippen MR) is 77.3 cm³/mol. The van der Waals surface area contributed by atoms with Gasteiger partial charge in [0, 0.05) is 17.0 Å². The lowest BCUT2D eigenvalue weighted by molar-refractivity contribution is -0.137. The number of alkyl halides is 3. The second-order valence-corrected chi connectivity index (χ2v) is 5.59. The molecule has 0 bridgehead atoms. The summed E-state index contributed by atoms with van der Waals surface area (Å²) in [5, 5.41) is 4.47. The first-order valence-corrected chi connectivity index (χ1v) is 7.32. The largest absolute Gasteiger partial charge is 0.416 e. The molecule has 0 aliphatic carbocycles. The van der Waals surface area contributed by atoms with Crippen molar-refractivity contribution in [1.82, 2.24) is 0 Å². The molecular formula is C15H14F3NOS. The highest BCUT2D eigenvalue weighted by Crippen LogP contribution is 2.30. The van der Waals surface area contributed by atoms with Gasteiger partial charge >= 0.3 is 6.18 Å². The van der Waals surface area contributed by atoms with E-state index >= 15 is 0 Å². The van der Waals surface area contributed by atoms with Crippen molar-refractivity contribution < 1.29 is 18.0 Å². The maximum Gasteiger partial charge on any atom is 0.416 e. The van der Waals surface area contributed by atoms with E-state index in [4.69, 9.17) is 0 Å². The molecule has 1 aromatic carbocycles. The monoisotopic (exact) mass is 313 g/mol. The van der Waals surface area contributed by atoms with Gasteiger partial charge in [0.05, 0.1) is 5.56 Å². The average molecular weight is 313 g/mol. The van der Waals surface area contributed by atoms with Crippen molar-refractivity contribution in [2.45, 2.75) is 25.4 Å². The zero-order valence-electron chi connectivity index (χ0n) is 11.1. The fraction of sp³-hybridized carbons (Fsp3) is 0.267. The van der Waals surface area contributed by atoms with Gasteiger partial charge in [0.25, 0.3) is 0 Å². The molecule has 2 nitrogen and oxygen atoms in total. The third-order valence-corrected chi connectivity index (χ3v) is 3.82. The molecule has 1 N–H and O–H groups in total. The maximum atomic E-state index is 12.6. The first kappa shape index (κ1) is 15.6. The Kier molecular flexibility index (Phi) is 5.01. The molecule has 0 aliphatic heterocycles. The van der Waals surface area contributed by atoms with E-state index in [9.17, 15) is 18.0 Å². The van der Waals surface area contributed by atoms with Crippen LogP contribution in [-0.4, -0.2) is 5.91 Å². The van der Waals surface area contributed by atoms with Crippen LogP contribution in [0, 0.1) is 0 Å². The van der Waals surface area contributed by atoms with Gasteiger partial charge in [-0.25, -0.2) is 0 Å². The summed E-state index contributed by atoms with van der Waals surface area (Å²) >= 11 is 1.63. The van der Waals surface area contributed by atoms with Gasteiger partial charge in [0.15, 0.2) is 0 Å². The minimum absolute atomic E-state index is 0.172. The molecule has 1 aromatic heterocycles. The quantitative estimate of drug-likeness (QED) is 0.849. The molecule has 2 rings (SSSR count). The number of carbonyl (C=O) groups is 1. The summed E-state index contributed by atoms with van der Waals surface area (Å²) in [6.45, 7) is 0. The van der Waals surface area contributed by atoms with Crippen molar-refractivity contribution in [3.8, 4) is 0 Å². The number of rotatable bonds is 5. The molecule has 0 saturated heterocycles. The topological polar surface area (TPSA) is 29.1 Å². The van der Waals surface area contributed by atoms with Crippen molar-refractivity contribution in [2.75, 3.05) is 5.32 Å². The van der Waals surface area contributed by atoms with E-state index in [1.807, 2.05) is 17.5 Å². The van der Waals surface area contributed by atoms with Gasteiger partial charge in [-0.3, -0.25) is 4.79 Å². The zero-order chi connectivity index (χ0) is 15.3. The zero-order valence-corrected chi connectivity index (χ0v) is 11.9. The van der Waals surface area contributed by atoms with Crippen molar-refractivity contribution in [2.24, 2.45) is 0 Å². The molecule has 1 amide bonds. The highest BCUT2D eigenvalue weighted by Gasteiger charge is 2.30. The Morgan fingerprint density at radius 2 is 2.00 bits per heavy atom. The van der Waals surface area contributed by atoms with Gasteiger partial charge in [-0.15, -0.1) is 11.3 Å². The van der Waals surface area contributed by atoms with Crippen LogP contribution in [0.3, 0.4) is 0 Å². The molecule has 0 spiro atoms. The van der Waals surface area contributed by atoms with Gasteiger partial charge in [0.1, 0.15) is 0 Å². The lowest BCUT2D eigenvalue weighted by Crippen LogP contribution is -2.12.